The van der Waals surface area contributed by atoms with Crippen molar-refractivity contribution < 1.29 is 10.2 Å². The van der Waals surface area contributed by atoms with E-state index in [4.69, 9.17) is 16.7 Å². The molecule has 1 saturated carbocycles. The highest BCUT2D eigenvalue weighted by molar-refractivity contribution is 6.30. The maximum Gasteiger partial charge on any atom is 0.0702 e. The van der Waals surface area contributed by atoms with Crippen LogP contribution in [0.15, 0.2) is 18.2 Å². The van der Waals surface area contributed by atoms with Gasteiger partial charge in [-0.2, -0.15) is 0 Å². The van der Waals surface area contributed by atoms with Crippen LogP contribution in [0.1, 0.15) is 18.4 Å². The summed E-state index contributed by atoms with van der Waals surface area (Å²) in [7, 11) is 0. The van der Waals surface area contributed by atoms with Gasteiger partial charge in [0, 0.05) is 28.9 Å². The molecule has 16 heavy (non-hydrogen) atoms. The minimum atomic E-state index is -0.0233. The Morgan fingerprint density at radius 2 is 2.06 bits per heavy atom. The Labute approximate surface area is 100 Å². The molecular formula is C12H16ClNO2. The average molecular weight is 242 g/mol. The van der Waals surface area contributed by atoms with Crippen molar-refractivity contribution in [1.29, 1.82) is 0 Å². The molecule has 0 radical (unpaired) electrons. The summed E-state index contributed by atoms with van der Waals surface area (Å²) >= 11 is 5.89. The van der Waals surface area contributed by atoms with E-state index in [0.717, 1.165) is 24.1 Å². The molecule has 0 saturated heterocycles. The first-order valence-electron chi connectivity index (χ1n) is 5.53. The van der Waals surface area contributed by atoms with Crippen LogP contribution in [0, 0.1) is 0 Å². The van der Waals surface area contributed by atoms with E-state index in [1.54, 1.807) is 6.07 Å². The van der Waals surface area contributed by atoms with E-state index in [1.807, 2.05) is 12.1 Å². The first-order valence-corrected chi connectivity index (χ1v) is 5.91. The van der Waals surface area contributed by atoms with Crippen molar-refractivity contribution in [3.63, 3.8) is 0 Å². The molecule has 1 aromatic carbocycles. The smallest absolute Gasteiger partial charge is 0.0702 e. The van der Waals surface area contributed by atoms with E-state index in [2.05, 4.69) is 4.90 Å². The van der Waals surface area contributed by atoms with Gasteiger partial charge in [-0.15, -0.1) is 0 Å². The van der Waals surface area contributed by atoms with Crippen molar-refractivity contribution in [1.82, 2.24) is 0 Å². The number of aliphatic hydroxyl groups is 2. The van der Waals surface area contributed by atoms with Crippen LogP contribution in [0.25, 0.3) is 0 Å². The Kier molecular flexibility index (Phi) is 3.69. The number of hydrogen-bond acceptors (Lipinski definition) is 3. The highest BCUT2D eigenvalue weighted by Gasteiger charge is 2.29. The molecule has 0 bridgehead atoms. The summed E-state index contributed by atoms with van der Waals surface area (Å²) in [5.74, 6) is 0. The molecule has 0 aromatic heterocycles. The number of hydrogen-bond donors (Lipinski definition) is 2. The largest absolute Gasteiger partial charge is 0.395 e. The maximum absolute atomic E-state index is 9.31. The fourth-order valence-corrected chi connectivity index (χ4v) is 2.15. The predicted octanol–water partition coefficient (Wildman–Crippen LogP) is 1.79. The monoisotopic (exact) mass is 241 g/mol. The van der Waals surface area contributed by atoms with Crippen molar-refractivity contribution >= 4 is 17.3 Å². The van der Waals surface area contributed by atoms with Gasteiger partial charge in [-0.1, -0.05) is 11.6 Å². The quantitative estimate of drug-likeness (QED) is 0.826. The summed E-state index contributed by atoms with van der Waals surface area (Å²) < 4.78 is 0. The Bertz CT molecular complexity index is 366. The van der Waals surface area contributed by atoms with Gasteiger partial charge in [0.25, 0.3) is 0 Å². The molecule has 0 heterocycles. The number of halogens is 1. The lowest BCUT2D eigenvalue weighted by atomic mass is 10.1. The fraction of sp³-hybridized carbons (Fsp3) is 0.500. The molecule has 0 spiro atoms. The van der Waals surface area contributed by atoms with Crippen LogP contribution in [0.4, 0.5) is 5.69 Å². The van der Waals surface area contributed by atoms with E-state index >= 15 is 0 Å². The third-order valence-electron chi connectivity index (χ3n) is 2.85. The van der Waals surface area contributed by atoms with Gasteiger partial charge in [0.15, 0.2) is 0 Å². The van der Waals surface area contributed by atoms with E-state index in [1.165, 1.54) is 0 Å². The molecule has 0 aliphatic heterocycles. The molecular weight excluding hydrogens is 226 g/mol. The number of nitrogens with zero attached hydrogens (tertiary/aromatic N) is 1. The lowest BCUT2D eigenvalue weighted by Crippen LogP contribution is -2.29. The molecule has 1 fully saturated rings. The van der Waals surface area contributed by atoms with Crippen molar-refractivity contribution in [2.75, 3.05) is 18.1 Å². The van der Waals surface area contributed by atoms with E-state index in [0.29, 0.717) is 17.6 Å². The highest BCUT2D eigenvalue weighted by Crippen LogP contribution is 2.34. The van der Waals surface area contributed by atoms with Crippen LogP contribution in [-0.4, -0.2) is 29.4 Å². The Morgan fingerprint density at radius 3 is 2.62 bits per heavy atom. The van der Waals surface area contributed by atoms with Gasteiger partial charge in [-0.3, -0.25) is 0 Å². The first-order chi connectivity index (χ1) is 7.76. The third-order valence-corrected chi connectivity index (χ3v) is 3.08. The molecule has 0 unspecified atom stereocenters. The second kappa shape index (κ2) is 5.04. The molecule has 1 aliphatic carbocycles. The van der Waals surface area contributed by atoms with E-state index < -0.39 is 0 Å². The summed E-state index contributed by atoms with van der Waals surface area (Å²) in [6, 6.07) is 6.03. The van der Waals surface area contributed by atoms with Gasteiger partial charge in [0.05, 0.1) is 13.2 Å². The van der Waals surface area contributed by atoms with Crippen molar-refractivity contribution in [3.05, 3.63) is 28.8 Å². The number of rotatable bonds is 5. The van der Waals surface area contributed by atoms with Gasteiger partial charge in [-0.05, 0) is 31.0 Å². The Morgan fingerprint density at radius 1 is 1.31 bits per heavy atom. The van der Waals surface area contributed by atoms with Crippen LogP contribution < -0.4 is 4.90 Å². The average Bonchev–Trinajstić information content (AvgIpc) is 3.10. The zero-order valence-electron chi connectivity index (χ0n) is 9.06. The maximum atomic E-state index is 9.31. The number of benzene rings is 1. The minimum Gasteiger partial charge on any atom is -0.395 e. The van der Waals surface area contributed by atoms with Crippen LogP contribution in [-0.2, 0) is 6.61 Å². The molecule has 1 aromatic rings. The molecule has 0 amide bonds. The fourth-order valence-electron chi connectivity index (χ4n) is 1.95. The topological polar surface area (TPSA) is 43.7 Å². The predicted molar refractivity (Wildman–Crippen MR) is 64.8 cm³/mol. The van der Waals surface area contributed by atoms with Gasteiger partial charge in [0.2, 0.25) is 0 Å². The Hall–Kier alpha value is -0.770. The molecule has 2 N–H and O–H groups in total. The van der Waals surface area contributed by atoms with Crippen molar-refractivity contribution in [2.24, 2.45) is 0 Å². The normalized spacial score (nSPS) is 15.2. The molecule has 4 heteroatoms. The SMILES string of the molecule is OCCN(c1ccc(Cl)cc1CO)C1CC1. The summed E-state index contributed by atoms with van der Waals surface area (Å²) in [4.78, 5) is 2.15. The summed E-state index contributed by atoms with van der Waals surface area (Å²) in [5, 5.41) is 19.0. The van der Waals surface area contributed by atoms with Gasteiger partial charge in [0.1, 0.15) is 0 Å². The lowest BCUT2D eigenvalue weighted by Gasteiger charge is -2.26. The Balaban J connectivity index is 2.28. The molecule has 88 valence electrons. The summed E-state index contributed by atoms with van der Waals surface area (Å²) in [6.45, 7) is 0.716. The van der Waals surface area contributed by atoms with E-state index in [-0.39, 0.29) is 13.2 Å². The standard InChI is InChI=1S/C12H16ClNO2/c13-10-1-4-12(9(7-10)8-16)14(5-6-15)11-2-3-11/h1,4,7,11,15-16H,2-3,5-6,8H2. The number of anilines is 1. The molecule has 2 rings (SSSR count). The van der Waals surface area contributed by atoms with Crippen molar-refractivity contribution in [3.8, 4) is 0 Å². The lowest BCUT2D eigenvalue weighted by molar-refractivity contribution is 0.280. The van der Waals surface area contributed by atoms with Crippen LogP contribution in [0.3, 0.4) is 0 Å². The zero-order chi connectivity index (χ0) is 11.5. The second-order valence-electron chi connectivity index (χ2n) is 4.08. The molecule has 1 aliphatic rings. The van der Waals surface area contributed by atoms with Gasteiger partial charge >= 0.3 is 0 Å². The van der Waals surface area contributed by atoms with Crippen LogP contribution in [0.5, 0.6) is 0 Å². The van der Waals surface area contributed by atoms with Gasteiger partial charge in [-0.25, -0.2) is 0 Å². The van der Waals surface area contributed by atoms with Crippen LogP contribution >= 0.6 is 11.6 Å². The number of aliphatic hydroxyl groups excluding tert-OH is 2. The molecule has 0 atom stereocenters. The van der Waals surface area contributed by atoms with Crippen LogP contribution in [0.2, 0.25) is 5.02 Å². The summed E-state index contributed by atoms with van der Waals surface area (Å²) in [5.41, 5.74) is 1.82. The minimum absolute atomic E-state index is 0.0233. The highest BCUT2D eigenvalue weighted by atomic mass is 35.5. The summed E-state index contributed by atoms with van der Waals surface area (Å²) in [6.07, 6.45) is 2.32. The third kappa shape index (κ3) is 2.48. The molecule has 3 nitrogen and oxygen atoms in total. The second-order valence-corrected chi connectivity index (χ2v) is 4.52. The van der Waals surface area contributed by atoms with E-state index in [9.17, 15) is 5.11 Å². The zero-order valence-corrected chi connectivity index (χ0v) is 9.82. The first kappa shape index (κ1) is 11.7. The van der Waals surface area contributed by atoms with Crippen molar-refractivity contribution in [2.45, 2.75) is 25.5 Å². The van der Waals surface area contributed by atoms with Gasteiger partial charge < -0.3 is 15.1 Å².